The first kappa shape index (κ1) is 40.3. The number of rotatable bonds is 14. The molecule has 1 aliphatic rings. The Hall–Kier alpha value is -3.48. The molecule has 0 saturated carbocycles. The van der Waals surface area contributed by atoms with Crippen molar-refractivity contribution in [1.82, 2.24) is 15.5 Å². The van der Waals surface area contributed by atoms with Crippen LogP contribution in [-0.2, 0) is 32.3 Å². The number of aliphatic hydroxyl groups is 1. The van der Waals surface area contributed by atoms with Gasteiger partial charge in [0, 0.05) is 6.54 Å². The number of fused-ring (bicyclic) bond motifs is 1. The van der Waals surface area contributed by atoms with E-state index in [0.29, 0.717) is 12.8 Å². The molecule has 1 saturated heterocycles. The minimum absolute atomic E-state index is 0.0573. The van der Waals surface area contributed by atoms with Gasteiger partial charge in [0.1, 0.15) is 12.1 Å². The fraction of sp³-hybridized carbons (Fsp3) is 0.538. The van der Waals surface area contributed by atoms with E-state index in [0.717, 1.165) is 21.9 Å². The normalized spacial score (nSPS) is 18.6. The lowest BCUT2D eigenvalue weighted by molar-refractivity contribution is -0.194. The Labute approximate surface area is 300 Å². The van der Waals surface area contributed by atoms with Crippen LogP contribution < -0.4 is 10.6 Å². The maximum absolute atomic E-state index is 14.1. The van der Waals surface area contributed by atoms with Gasteiger partial charge in [-0.25, -0.2) is 8.42 Å². The number of carbonyl (C=O) groups is 2. The molecular formula is C39H52F3N3O5S. The van der Waals surface area contributed by atoms with Crippen LogP contribution in [0.25, 0.3) is 10.8 Å². The largest absolute Gasteiger partial charge is 0.404 e. The maximum Gasteiger partial charge on any atom is 0.404 e. The van der Waals surface area contributed by atoms with Crippen molar-refractivity contribution in [3.8, 4) is 0 Å². The number of hydrogen-bond donors (Lipinski definition) is 3. The van der Waals surface area contributed by atoms with E-state index in [1.807, 2.05) is 48.5 Å². The van der Waals surface area contributed by atoms with Crippen molar-refractivity contribution in [2.75, 3.05) is 18.8 Å². The number of sulfone groups is 1. The minimum Gasteiger partial charge on any atom is -0.390 e. The van der Waals surface area contributed by atoms with Gasteiger partial charge in [-0.05, 0) is 80.8 Å². The third kappa shape index (κ3) is 10.8. The van der Waals surface area contributed by atoms with Gasteiger partial charge in [-0.3, -0.25) is 14.5 Å². The van der Waals surface area contributed by atoms with Crippen molar-refractivity contribution >= 4 is 32.4 Å². The van der Waals surface area contributed by atoms with E-state index < -0.39 is 74.4 Å². The fourth-order valence-electron chi connectivity index (χ4n) is 6.66. The second-order valence-electron chi connectivity index (χ2n) is 15.1. The number of nitrogens with one attached hydrogen (secondary N) is 2. The zero-order valence-corrected chi connectivity index (χ0v) is 30.9. The van der Waals surface area contributed by atoms with Gasteiger partial charge >= 0.3 is 6.18 Å². The van der Waals surface area contributed by atoms with Gasteiger partial charge in [0.05, 0.1) is 28.6 Å². The second kappa shape index (κ2) is 16.9. The van der Waals surface area contributed by atoms with Gasteiger partial charge < -0.3 is 15.7 Å². The van der Waals surface area contributed by atoms with Crippen molar-refractivity contribution in [1.29, 1.82) is 0 Å². The number of carbonyl (C=O) groups excluding carboxylic acids is 2. The Morgan fingerprint density at radius 2 is 1.53 bits per heavy atom. The summed E-state index contributed by atoms with van der Waals surface area (Å²) in [5.41, 5.74) is 1.56. The number of alkyl halides is 3. The average Bonchev–Trinajstić information content (AvgIpc) is 3.06. The second-order valence-corrected chi connectivity index (χ2v) is 17.9. The quantitative estimate of drug-likeness (QED) is 0.192. The highest BCUT2D eigenvalue weighted by molar-refractivity contribution is 7.92. The number of amides is 2. The molecule has 1 aliphatic heterocycles. The summed E-state index contributed by atoms with van der Waals surface area (Å²) in [5.74, 6) is -3.14. The Morgan fingerprint density at radius 3 is 2.18 bits per heavy atom. The molecule has 2 amide bonds. The summed E-state index contributed by atoms with van der Waals surface area (Å²) >= 11 is 0. The molecule has 0 aromatic heterocycles. The van der Waals surface area contributed by atoms with Gasteiger partial charge in [0.15, 0.2) is 9.84 Å². The van der Waals surface area contributed by atoms with Gasteiger partial charge in [0.25, 0.3) is 0 Å². The molecule has 3 N–H and O–H groups in total. The molecule has 0 aliphatic carbocycles. The predicted octanol–water partition coefficient (Wildman–Crippen LogP) is 5.86. The number of piperidine rings is 1. The molecule has 5 atom stereocenters. The van der Waals surface area contributed by atoms with E-state index in [2.05, 4.69) is 10.6 Å². The molecule has 4 rings (SSSR count). The van der Waals surface area contributed by atoms with E-state index in [-0.39, 0.29) is 32.4 Å². The zero-order chi connectivity index (χ0) is 37.6. The SMILES string of the molecule is CC(C)C(NC(=O)C(Cc1cccc2ccccc12)CS(=O)(=O)C(C)(C)C)C(=O)NC(Cc1ccccc1)C(O)CN1CCCCC1C(F)(F)F. The molecule has 51 heavy (non-hydrogen) atoms. The minimum atomic E-state index is -4.45. The summed E-state index contributed by atoms with van der Waals surface area (Å²) in [6, 6.07) is 18.5. The molecule has 0 bridgehead atoms. The maximum atomic E-state index is 14.1. The molecule has 0 spiro atoms. The molecule has 1 heterocycles. The Bertz CT molecular complexity index is 1720. The fourth-order valence-corrected chi connectivity index (χ4v) is 7.95. The molecule has 3 aromatic carbocycles. The molecule has 8 nitrogen and oxygen atoms in total. The Balaban J connectivity index is 1.59. The molecule has 0 radical (unpaired) electrons. The number of halogens is 3. The number of aliphatic hydroxyl groups excluding tert-OH is 1. The topological polar surface area (TPSA) is 116 Å². The highest BCUT2D eigenvalue weighted by Crippen LogP contribution is 2.32. The Kier molecular flexibility index (Phi) is 13.4. The van der Waals surface area contributed by atoms with Crippen LogP contribution in [0.15, 0.2) is 72.8 Å². The van der Waals surface area contributed by atoms with Crippen LogP contribution in [-0.4, -0.2) is 84.2 Å². The first-order valence-corrected chi connectivity index (χ1v) is 19.3. The van der Waals surface area contributed by atoms with Crippen LogP contribution in [0.4, 0.5) is 13.2 Å². The predicted molar refractivity (Wildman–Crippen MR) is 195 cm³/mol. The van der Waals surface area contributed by atoms with Crippen molar-refractivity contribution in [2.45, 2.75) is 102 Å². The third-order valence-corrected chi connectivity index (χ3v) is 12.5. The van der Waals surface area contributed by atoms with Crippen molar-refractivity contribution in [3.63, 3.8) is 0 Å². The molecule has 280 valence electrons. The average molecular weight is 732 g/mol. The summed E-state index contributed by atoms with van der Waals surface area (Å²) in [5, 5.41) is 18.9. The number of β-amino-alcohol motifs (C(OH)–C–C–N with tert-alkyl or cyclic N) is 1. The van der Waals surface area contributed by atoms with Crippen LogP contribution in [0, 0.1) is 11.8 Å². The van der Waals surface area contributed by atoms with Crippen LogP contribution in [0.1, 0.15) is 65.0 Å². The number of nitrogens with zero attached hydrogens (tertiary/aromatic N) is 1. The highest BCUT2D eigenvalue weighted by atomic mass is 32.2. The van der Waals surface area contributed by atoms with Gasteiger partial charge in [-0.2, -0.15) is 13.2 Å². The van der Waals surface area contributed by atoms with Crippen LogP contribution in [0.3, 0.4) is 0 Å². The Morgan fingerprint density at radius 1 is 0.882 bits per heavy atom. The molecule has 3 aromatic rings. The van der Waals surface area contributed by atoms with E-state index in [9.17, 15) is 36.3 Å². The van der Waals surface area contributed by atoms with Crippen LogP contribution in [0.5, 0.6) is 0 Å². The monoisotopic (exact) mass is 731 g/mol. The van der Waals surface area contributed by atoms with Gasteiger partial charge in [-0.15, -0.1) is 0 Å². The van der Waals surface area contributed by atoms with E-state index in [4.69, 9.17) is 0 Å². The lowest BCUT2D eigenvalue weighted by Crippen LogP contribution is -2.59. The van der Waals surface area contributed by atoms with Crippen molar-refractivity contribution in [3.05, 3.63) is 83.9 Å². The summed E-state index contributed by atoms with van der Waals surface area (Å²) in [7, 11) is -3.76. The molecule has 1 fully saturated rings. The first-order valence-electron chi connectivity index (χ1n) is 17.7. The van der Waals surface area contributed by atoms with Crippen LogP contribution >= 0.6 is 0 Å². The molecular weight excluding hydrogens is 680 g/mol. The molecule has 5 unspecified atom stereocenters. The first-order chi connectivity index (χ1) is 23.9. The number of hydrogen-bond acceptors (Lipinski definition) is 6. The van der Waals surface area contributed by atoms with Gasteiger partial charge in [0.2, 0.25) is 11.8 Å². The summed E-state index contributed by atoms with van der Waals surface area (Å²) in [6.45, 7) is 8.10. The summed E-state index contributed by atoms with van der Waals surface area (Å²) < 4.78 is 67.5. The van der Waals surface area contributed by atoms with Crippen LogP contribution in [0.2, 0.25) is 0 Å². The van der Waals surface area contributed by atoms with Crippen molar-refractivity contribution < 1.29 is 36.3 Å². The highest BCUT2D eigenvalue weighted by Gasteiger charge is 2.45. The number of benzene rings is 3. The van der Waals surface area contributed by atoms with E-state index in [1.54, 1.807) is 58.9 Å². The zero-order valence-electron chi connectivity index (χ0n) is 30.1. The summed E-state index contributed by atoms with van der Waals surface area (Å²) in [4.78, 5) is 29.3. The van der Waals surface area contributed by atoms with E-state index in [1.165, 1.54) is 4.90 Å². The lowest BCUT2D eigenvalue weighted by Gasteiger charge is -2.39. The number of likely N-dealkylation sites (tertiary alicyclic amines) is 1. The lowest BCUT2D eigenvalue weighted by atomic mass is 9.94. The summed E-state index contributed by atoms with van der Waals surface area (Å²) in [6.07, 6.45) is -4.59. The van der Waals surface area contributed by atoms with Crippen molar-refractivity contribution in [2.24, 2.45) is 11.8 Å². The van der Waals surface area contributed by atoms with E-state index >= 15 is 0 Å². The standard InChI is InChI=1S/C39H52F3N3O5S/c1-26(2)35(44-36(47)30(25-51(49,50)38(3,4)5)23-29-18-13-17-28-16-9-10-19-31(28)29)37(48)43-32(22-27-14-7-6-8-15-27)33(46)24-45-21-12-11-20-34(45)39(40,41)42/h6-10,13-19,26,30,32-35,46H,11-12,20-25H2,1-5H3,(H,43,48)(H,44,47). The third-order valence-electron chi connectivity index (χ3n) is 9.82. The smallest absolute Gasteiger partial charge is 0.390 e. The van der Waals surface area contributed by atoms with Gasteiger partial charge in [-0.1, -0.05) is 93.1 Å². The molecule has 12 heteroatoms.